The molecule has 2 aliphatic rings. The first kappa shape index (κ1) is 19.2. The molecule has 2 amide bonds. The average Bonchev–Trinajstić information content (AvgIpc) is 3.29. The van der Waals surface area contributed by atoms with Crippen LogP contribution in [0, 0.1) is 6.92 Å². The third-order valence-corrected chi connectivity index (χ3v) is 6.01. The average molecular weight is 425 g/mol. The van der Waals surface area contributed by atoms with E-state index in [0.717, 1.165) is 10.5 Å². The smallest absolute Gasteiger partial charge is 0.407 e. The van der Waals surface area contributed by atoms with Crippen LogP contribution in [0.4, 0.5) is 15.0 Å². The zero-order valence-corrected chi connectivity index (χ0v) is 16.7. The number of carboxylic acid groups (broad SMARTS) is 1. The number of likely N-dealkylation sites (tertiary alicyclic amines) is 1. The lowest BCUT2D eigenvalue weighted by molar-refractivity contribution is 0.0596. The summed E-state index contributed by atoms with van der Waals surface area (Å²) in [5.41, 5.74) is 9.97. The van der Waals surface area contributed by atoms with Gasteiger partial charge in [-0.05, 0) is 24.6 Å². The molecule has 0 aliphatic carbocycles. The number of carbonyl (C=O) groups excluding carboxylic acids is 1. The summed E-state index contributed by atoms with van der Waals surface area (Å²) >= 11 is 0. The number of carbonyl (C=O) groups is 2. The number of hydrogen-bond donors (Lipinski definition) is 2. The Morgan fingerprint density at radius 2 is 2.10 bits per heavy atom. The van der Waals surface area contributed by atoms with E-state index >= 15 is 0 Å². The van der Waals surface area contributed by atoms with E-state index in [2.05, 4.69) is 15.1 Å². The van der Waals surface area contributed by atoms with Gasteiger partial charge in [-0.15, -0.1) is 0 Å². The maximum absolute atomic E-state index is 14.5. The van der Waals surface area contributed by atoms with Crippen LogP contribution < -0.4 is 5.73 Å². The fourth-order valence-corrected chi connectivity index (χ4v) is 4.47. The zero-order chi connectivity index (χ0) is 21.9. The minimum atomic E-state index is -1.42. The summed E-state index contributed by atoms with van der Waals surface area (Å²) in [6, 6.07) is 2.83. The third-order valence-electron chi connectivity index (χ3n) is 6.01. The third kappa shape index (κ3) is 2.95. The topological polar surface area (TPSA) is 130 Å². The van der Waals surface area contributed by atoms with Crippen molar-refractivity contribution in [3.05, 3.63) is 41.5 Å². The minimum absolute atomic E-state index is 0.0383. The van der Waals surface area contributed by atoms with E-state index in [1.54, 1.807) is 16.8 Å². The molecule has 5 rings (SSSR count). The standard InChI is InChI=1S/C20H20FN7O3/c1-10-4-15(28-17(10)18(22)24-9-25-28)11-5-12-14(23-6-11)2-3-27(19(12)29)16-8-26(20(30)31)7-13(16)21/h4-6,9,13,16H,2-3,7-8H2,1H3,(H,30,31)(H2,22,24,25)/t13-,16+/m0/s1. The zero-order valence-electron chi connectivity index (χ0n) is 16.7. The predicted octanol–water partition coefficient (Wildman–Crippen LogP) is 1.38. The molecule has 5 heterocycles. The summed E-state index contributed by atoms with van der Waals surface area (Å²) in [6.45, 7) is 1.93. The molecule has 3 aromatic rings. The Labute approximate surface area is 176 Å². The molecule has 0 spiro atoms. The van der Waals surface area contributed by atoms with E-state index in [-0.39, 0.29) is 19.0 Å². The van der Waals surface area contributed by atoms with Gasteiger partial charge in [0, 0.05) is 31.3 Å². The number of pyridine rings is 1. The first-order valence-electron chi connectivity index (χ1n) is 9.86. The summed E-state index contributed by atoms with van der Waals surface area (Å²) in [5, 5.41) is 13.4. The van der Waals surface area contributed by atoms with Crippen LogP contribution in [0.1, 0.15) is 21.6 Å². The SMILES string of the molecule is Cc1cc(-c2cnc3c(c2)C(=O)N([C@@H]2CN(C(=O)O)C[C@@H]2F)CC3)n2ncnc(N)c12. The second kappa shape index (κ2) is 6.89. The van der Waals surface area contributed by atoms with Gasteiger partial charge in [-0.1, -0.05) is 0 Å². The van der Waals surface area contributed by atoms with Crippen molar-refractivity contribution in [2.24, 2.45) is 0 Å². The van der Waals surface area contributed by atoms with Gasteiger partial charge in [-0.3, -0.25) is 9.78 Å². The Hall–Kier alpha value is -3.76. The number of nitrogens with zero attached hydrogens (tertiary/aromatic N) is 6. The van der Waals surface area contributed by atoms with Crippen molar-refractivity contribution < 1.29 is 19.1 Å². The second-order valence-electron chi connectivity index (χ2n) is 7.86. The highest BCUT2D eigenvalue weighted by Gasteiger charge is 2.42. The monoisotopic (exact) mass is 425 g/mol. The molecule has 0 aromatic carbocycles. The number of nitrogens with two attached hydrogens (primary N) is 1. The van der Waals surface area contributed by atoms with Crippen LogP contribution in [0.2, 0.25) is 0 Å². The van der Waals surface area contributed by atoms with Crippen LogP contribution in [-0.2, 0) is 6.42 Å². The van der Waals surface area contributed by atoms with Crippen molar-refractivity contribution in [1.82, 2.24) is 29.4 Å². The Morgan fingerprint density at radius 3 is 2.84 bits per heavy atom. The molecule has 0 bridgehead atoms. The van der Waals surface area contributed by atoms with Gasteiger partial charge in [-0.25, -0.2) is 18.7 Å². The summed E-state index contributed by atoms with van der Waals surface area (Å²) in [5.74, 6) is 0.00679. The summed E-state index contributed by atoms with van der Waals surface area (Å²) in [4.78, 5) is 35.4. The number of aromatic nitrogens is 4. The molecule has 10 nitrogen and oxygen atoms in total. The largest absolute Gasteiger partial charge is 0.465 e. The Balaban J connectivity index is 1.52. The lowest BCUT2D eigenvalue weighted by Crippen LogP contribution is -2.49. The molecular weight excluding hydrogens is 405 g/mol. The molecule has 2 atom stereocenters. The van der Waals surface area contributed by atoms with Crippen LogP contribution in [0.3, 0.4) is 0 Å². The summed E-state index contributed by atoms with van der Waals surface area (Å²) in [6.07, 6.45) is 0.909. The van der Waals surface area contributed by atoms with Gasteiger partial charge in [0.15, 0.2) is 5.82 Å². The van der Waals surface area contributed by atoms with E-state index in [1.165, 1.54) is 11.2 Å². The van der Waals surface area contributed by atoms with E-state index in [4.69, 9.17) is 10.8 Å². The molecule has 3 aromatic heterocycles. The molecule has 3 N–H and O–H groups in total. The van der Waals surface area contributed by atoms with Gasteiger partial charge >= 0.3 is 6.09 Å². The molecule has 160 valence electrons. The molecule has 0 saturated carbocycles. The van der Waals surface area contributed by atoms with Crippen molar-refractivity contribution in [1.29, 1.82) is 0 Å². The van der Waals surface area contributed by atoms with E-state index in [0.29, 0.717) is 46.8 Å². The highest BCUT2D eigenvalue weighted by Crippen LogP contribution is 2.31. The first-order chi connectivity index (χ1) is 14.8. The van der Waals surface area contributed by atoms with Gasteiger partial charge in [0.1, 0.15) is 18.0 Å². The van der Waals surface area contributed by atoms with Crippen molar-refractivity contribution in [2.75, 3.05) is 25.4 Å². The van der Waals surface area contributed by atoms with Gasteiger partial charge in [0.05, 0.1) is 29.5 Å². The predicted molar refractivity (Wildman–Crippen MR) is 108 cm³/mol. The number of fused-ring (bicyclic) bond motifs is 2. The molecule has 2 aliphatic heterocycles. The Kier molecular flexibility index (Phi) is 4.27. The van der Waals surface area contributed by atoms with Crippen LogP contribution in [0.25, 0.3) is 16.8 Å². The van der Waals surface area contributed by atoms with E-state index in [9.17, 15) is 14.0 Å². The lowest BCUT2D eigenvalue weighted by Gasteiger charge is -2.33. The number of rotatable bonds is 2. The molecule has 0 unspecified atom stereocenters. The van der Waals surface area contributed by atoms with Gasteiger partial charge in [-0.2, -0.15) is 5.10 Å². The van der Waals surface area contributed by atoms with Crippen LogP contribution in [0.15, 0.2) is 24.7 Å². The van der Waals surface area contributed by atoms with E-state index in [1.807, 2.05) is 13.0 Å². The highest BCUT2D eigenvalue weighted by atomic mass is 19.1. The highest BCUT2D eigenvalue weighted by molar-refractivity contribution is 5.98. The molecule has 1 saturated heterocycles. The van der Waals surface area contributed by atoms with Crippen molar-refractivity contribution in [3.8, 4) is 11.3 Å². The van der Waals surface area contributed by atoms with Crippen LogP contribution in [0.5, 0.6) is 0 Å². The molecule has 11 heteroatoms. The first-order valence-corrected chi connectivity index (χ1v) is 9.86. The number of anilines is 1. The fourth-order valence-electron chi connectivity index (χ4n) is 4.47. The molecule has 1 fully saturated rings. The van der Waals surface area contributed by atoms with Gasteiger partial charge in [0.25, 0.3) is 5.91 Å². The molecule has 0 radical (unpaired) electrons. The van der Waals surface area contributed by atoms with Crippen molar-refractivity contribution in [3.63, 3.8) is 0 Å². The lowest BCUT2D eigenvalue weighted by atomic mass is 9.99. The summed E-state index contributed by atoms with van der Waals surface area (Å²) in [7, 11) is 0. The Morgan fingerprint density at radius 1 is 1.29 bits per heavy atom. The maximum Gasteiger partial charge on any atom is 0.407 e. The van der Waals surface area contributed by atoms with E-state index < -0.39 is 18.3 Å². The minimum Gasteiger partial charge on any atom is -0.465 e. The Bertz CT molecular complexity index is 1230. The maximum atomic E-state index is 14.5. The quantitative estimate of drug-likeness (QED) is 0.634. The van der Waals surface area contributed by atoms with Crippen LogP contribution >= 0.6 is 0 Å². The number of halogens is 1. The second-order valence-corrected chi connectivity index (χ2v) is 7.86. The number of amides is 2. The number of alkyl halides is 1. The van der Waals surface area contributed by atoms with Crippen LogP contribution in [-0.4, -0.2) is 78.3 Å². The van der Waals surface area contributed by atoms with Crippen molar-refractivity contribution >= 4 is 23.3 Å². The number of aryl methyl sites for hydroxylation is 1. The number of nitrogen functional groups attached to an aromatic ring is 1. The van der Waals surface area contributed by atoms with Gasteiger partial charge < -0.3 is 20.6 Å². The van der Waals surface area contributed by atoms with Gasteiger partial charge in [0.2, 0.25) is 0 Å². The summed E-state index contributed by atoms with van der Waals surface area (Å²) < 4.78 is 16.2. The molecule has 31 heavy (non-hydrogen) atoms. The fraction of sp³-hybridized carbons (Fsp3) is 0.350. The number of hydrogen-bond acceptors (Lipinski definition) is 6. The normalized spacial score (nSPS) is 21.0. The van der Waals surface area contributed by atoms with Crippen molar-refractivity contribution in [2.45, 2.75) is 25.6 Å². The molecular formula is C20H20FN7O3.